The van der Waals surface area contributed by atoms with Gasteiger partial charge >= 0.3 is 5.97 Å². The summed E-state index contributed by atoms with van der Waals surface area (Å²) < 4.78 is 5.45. The molecule has 2 aromatic carbocycles. The minimum atomic E-state index is -0.628. The third kappa shape index (κ3) is 4.11. The standard InChI is InChI=1S/C23H22N2O4S/c1-15-14-30-22-19(24-18(26)12-16-8-4-2-5-9-16)21(27)25(22)20(15)23(28)29-13-17-10-6-3-7-11-17/h2-11,19,22H,12-14H2,1H3,(H,24,26)/t19-,22-/m0/s1. The zero-order valence-electron chi connectivity index (χ0n) is 16.5. The molecule has 7 heteroatoms. The maximum Gasteiger partial charge on any atom is 0.355 e. The van der Waals surface area contributed by atoms with E-state index in [0.717, 1.165) is 16.7 Å². The highest BCUT2D eigenvalue weighted by Gasteiger charge is 2.53. The van der Waals surface area contributed by atoms with Crippen LogP contribution in [0.5, 0.6) is 0 Å². The maximum atomic E-state index is 12.8. The second kappa shape index (κ2) is 8.75. The summed E-state index contributed by atoms with van der Waals surface area (Å²) in [5, 5.41) is 2.53. The fourth-order valence-electron chi connectivity index (χ4n) is 3.56. The average molecular weight is 423 g/mol. The number of hydrogen-bond acceptors (Lipinski definition) is 5. The molecule has 6 nitrogen and oxygen atoms in total. The first-order chi connectivity index (χ1) is 14.5. The van der Waals surface area contributed by atoms with Gasteiger partial charge in [0.1, 0.15) is 23.7 Å². The van der Waals surface area contributed by atoms with E-state index in [-0.39, 0.29) is 30.2 Å². The van der Waals surface area contributed by atoms with E-state index in [1.54, 1.807) is 11.8 Å². The molecule has 2 aliphatic rings. The van der Waals surface area contributed by atoms with Gasteiger partial charge in [0.15, 0.2) is 0 Å². The second-order valence-electron chi connectivity index (χ2n) is 7.31. The summed E-state index contributed by atoms with van der Waals surface area (Å²) in [4.78, 5) is 39.3. The Kier molecular flexibility index (Phi) is 5.90. The van der Waals surface area contributed by atoms with Crippen LogP contribution in [-0.4, -0.2) is 39.9 Å². The van der Waals surface area contributed by atoms with Gasteiger partial charge in [-0.05, 0) is 23.6 Å². The van der Waals surface area contributed by atoms with Crippen LogP contribution in [0.2, 0.25) is 0 Å². The molecule has 2 amide bonds. The molecule has 154 valence electrons. The van der Waals surface area contributed by atoms with Gasteiger partial charge in [0.25, 0.3) is 5.91 Å². The van der Waals surface area contributed by atoms with Gasteiger partial charge in [-0.25, -0.2) is 4.79 Å². The number of carbonyl (C=O) groups is 3. The monoisotopic (exact) mass is 422 g/mol. The van der Waals surface area contributed by atoms with Gasteiger partial charge in [-0.3, -0.25) is 14.5 Å². The lowest BCUT2D eigenvalue weighted by molar-refractivity contribution is -0.153. The Hall–Kier alpha value is -3.06. The number of thioether (sulfide) groups is 1. The Morgan fingerprint density at radius 2 is 1.70 bits per heavy atom. The molecule has 0 radical (unpaired) electrons. The lowest BCUT2D eigenvalue weighted by atomic mass is 10.0. The number of nitrogens with zero attached hydrogens (tertiary/aromatic N) is 1. The predicted molar refractivity (Wildman–Crippen MR) is 114 cm³/mol. The van der Waals surface area contributed by atoms with Crippen molar-refractivity contribution in [2.45, 2.75) is 31.4 Å². The number of β-lactam (4-membered cyclic amide) rings is 1. The smallest absolute Gasteiger partial charge is 0.355 e. The first-order valence-corrected chi connectivity index (χ1v) is 10.8. The number of hydrogen-bond donors (Lipinski definition) is 1. The molecule has 1 N–H and O–H groups in total. The molecule has 0 unspecified atom stereocenters. The Balaban J connectivity index is 1.39. The minimum absolute atomic E-state index is 0.146. The normalized spacial score (nSPS) is 20.3. The third-order valence-corrected chi connectivity index (χ3v) is 6.51. The first-order valence-electron chi connectivity index (χ1n) is 9.73. The quantitative estimate of drug-likeness (QED) is 0.572. The SMILES string of the molecule is CC1=C(C(=O)OCc2ccccc2)N2C(=O)[C@H](NC(=O)Cc3ccccc3)[C@@H]2SC1. The number of carbonyl (C=O) groups excluding carboxylic acids is 3. The number of benzene rings is 2. The first kappa shape index (κ1) is 20.2. The molecule has 2 heterocycles. The van der Waals surface area contributed by atoms with Crippen LogP contribution >= 0.6 is 11.8 Å². The lowest BCUT2D eigenvalue weighted by Gasteiger charge is -2.49. The average Bonchev–Trinajstić information content (AvgIpc) is 2.77. The number of nitrogens with one attached hydrogen (secondary N) is 1. The fourth-order valence-corrected chi connectivity index (χ4v) is 4.85. The highest BCUT2D eigenvalue weighted by atomic mass is 32.2. The van der Waals surface area contributed by atoms with Crippen molar-refractivity contribution in [2.24, 2.45) is 0 Å². The Bertz CT molecular complexity index is 991. The van der Waals surface area contributed by atoms with Crippen LogP contribution in [0.1, 0.15) is 18.1 Å². The molecule has 0 aliphatic carbocycles. The molecule has 0 spiro atoms. The number of fused-ring (bicyclic) bond motifs is 1. The highest BCUT2D eigenvalue weighted by Crippen LogP contribution is 2.40. The van der Waals surface area contributed by atoms with Crippen molar-refractivity contribution < 1.29 is 19.1 Å². The molecule has 1 saturated heterocycles. The summed E-state index contributed by atoms with van der Waals surface area (Å²) in [5.74, 6) is -0.391. The van der Waals surface area contributed by atoms with Crippen LogP contribution in [0.4, 0.5) is 0 Å². The Morgan fingerprint density at radius 3 is 2.37 bits per heavy atom. The molecule has 0 aromatic heterocycles. The van der Waals surface area contributed by atoms with Crippen molar-refractivity contribution in [1.82, 2.24) is 10.2 Å². The summed E-state index contributed by atoms with van der Waals surface area (Å²) in [6, 6.07) is 18.2. The van der Waals surface area contributed by atoms with Crippen molar-refractivity contribution in [1.29, 1.82) is 0 Å². The molecule has 2 atom stereocenters. The van der Waals surface area contributed by atoms with Gasteiger partial charge in [0, 0.05) is 5.75 Å². The van der Waals surface area contributed by atoms with Gasteiger partial charge in [-0.1, -0.05) is 60.7 Å². The minimum Gasteiger partial charge on any atom is -0.456 e. The summed E-state index contributed by atoms with van der Waals surface area (Å²) in [7, 11) is 0. The van der Waals surface area contributed by atoms with Crippen molar-refractivity contribution in [2.75, 3.05) is 5.75 Å². The largest absolute Gasteiger partial charge is 0.456 e. The van der Waals surface area contributed by atoms with E-state index in [0.29, 0.717) is 11.4 Å². The third-order valence-electron chi connectivity index (χ3n) is 5.09. The van der Waals surface area contributed by atoms with Crippen molar-refractivity contribution in [3.8, 4) is 0 Å². The number of esters is 1. The van der Waals surface area contributed by atoms with Gasteiger partial charge < -0.3 is 10.1 Å². The highest BCUT2D eigenvalue weighted by molar-refractivity contribution is 8.00. The van der Waals surface area contributed by atoms with Crippen molar-refractivity contribution in [3.63, 3.8) is 0 Å². The van der Waals surface area contributed by atoms with Gasteiger partial charge in [0.2, 0.25) is 5.91 Å². The van der Waals surface area contributed by atoms with Gasteiger partial charge in [0.05, 0.1) is 6.42 Å². The molecule has 0 bridgehead atoms. The Labute approximate surface area is 179 Å². The Morgan fingerprint density at radius 1 is 1.07 bits per heavy atom. The molecule has 30 heavy (non-hydrogen) atoms. The van der Waals surface area contributed by atoms with Crippen molar-refractivity contribution >= 4 is 29.5 Å². The summed E-state index contributed by atoms with van der Waals surface area (Å²) >= 11 is 1.54. The number of ether oxygens (including phenoxy) is 1. The molecule has 4 rings (SSSR count). The van der Waals surface area contributed by atoms with Crippen LogP contribution < -0.4 is 5.32 Å². The van der Waals surface area contributed by atoms with Crippen molar-refractivity contribution in [3.05, 3.63) is 83.1 Å². The van der Waals surface area contributed by atoms with E-state index < -0.39 is 12.0 Å². The molecular weight excluding hydrogens is 400 g/mol. The second-order valence-corrected chi connectivity index (χ2v) is 8.41. The van der Waals surface area contributed by atoms with Gasteiger partial charge in [-0.15, -0.1) is 11.8 Å². The zero-order chi connectivity index (χ0) is 21.1. The van der Waals surface area contributed by atoms with Crippen LogP contribution in [0.3, 0.4) is 0 Å². The summed E-state index contributed by atoms with van der Waals surface area (Å²) in [5.41, 5.74) is 2.87. The van der Waals surface area contributed by atoms with E-state index >= 15 is 0 Å². The number of rotatable bonds is 6. The number of amides is 2. The van der Waals surface area contributed by atoms with Crippen LogP contribution in [-0.2, 0) is 32.1 Å². The molecular formula is C23H22N2O4S. The van der Waals surface area contributed by atoms with Gasteiger partial charge in [-0.2, -0.15) is 0 Å². The van der Waals surface area contributed by atoms with E-state index in [2.05, 4.69) is 5.32 Å². The molecule has 1 fully saturated rings. The van der Waals surface area contributed by atoms with E-state index in [4.69, 9.17) is 4.74 Å². The topological polar surface area (TPSA) is 75.7 Å². The van der Waals surface area contributed by atoms with Crippen LogP contribution in [0, 0.1) is 0 Å². The lowest BCUT2D eigenvalue weighted by Crippen LogP contribution is -2.70. The van der Waals surface area contributed by atoms with Crippen LogP contribution in [0.15, 0.2) is 71.9 Å². The zero-order valence-corrected chi connectivity index (χ0v) is 17.4. The van der Waals surface area contributed by atoms with E-state index in [9.17, 15) is 14.4 Å². The predicted octanol–water partition coefficient (Wildman–Crippen LogP) is 2.65. The van der Waals surface area contributed by atoms with E-state index in [1.165, 1.54) is 4.90 Å². The fraction of sp³-hybridized carbons (Fsp3) is 0.261. The summed E-state index contributed by atoms with van der Waals surface area (Å²) in [6.07, 6.45) is 0.211. The van der Waals surface area contributed by atoms with E-state index in [1.807, 2.05) is 67.6 Å². The molecule has 2 aliphatic heterocycles. The molecule has 2 aromatic rings. The van der Waals surface area contributed by atoms with Crippen LogP contribution in [0.25, 0.3) is 0 Å². The molecule has 0 saturated carbocycles. The summed E-state index contributed by atoms with van der Waals surface area (Å²) in [6.45, 7) is 1.98. The maximum absolute atomic E-state index is 12.8.